The summed E-state index contributed by atoms with van der Waals surface area (Å²) in [4.78, 5) is 15.8. The van der Waals surface area contributed by atoms with Gasteiger partial charge in [0.25, 0.3) is 5.56 Å². The minimum atomic E-state index is -4.40. The van der Waals surface area contributed by atoms with Crippen molar-refractivity contribution in [2.45, 2.75) is 38.9 Å². The van der Waals surface area contributed by atoms with E-state index in [9.17, 15) is 38.8 Å². The first-order valence-electron chi connectivity index (χ1n) is 14.3. The first kappa shape index (κ1) is 34.1. The van der Waals surface area contributed by atoms with Gasteiger partial charge in [0.2, 0.25) is 30.1 Å². The summed E-state index contributed by atoms with van der Waals surface area (Å²) in [5.41, 5.74) is -0.738. The molecule has 0 bridgehead atoms. The highest BCUT2D eigenvalue weighted by Crippen LogP contribution is 2.42. The number of ether oxygens (including phenoxy) is 1. The molecule has 11 nitrogen and oxygen atoms in total. The average molecular weight is 708 g/mol. The summed E-state index contributed by atoms with van der Waals surface area (Å²) in [6.45, 7) is 5.77. The first-order chi connectivity index (χ1) is 22.0. The highest BCUT2D eigenvalue weighted by atomic mass is 32.3. The van der Waals surface area contributed by atoms with E-state index in [1.807, 2.05) is 0 Å². The molecule has 1 aliphatic rings. The van der Waals surface area contributed by atoms with Crippen molar-refractivity contribution in [2.24, 2.45) is 0 Å². The van der Waals surface area contributed by atoms with Crippen molar-refractivity contribution in [1.82, 2.24) is 8.96 Å². The van der Waals surface area contributed by atoms with Gasteiger partial charge in [0.15, 0.2) is 11.6 Å². The van der Waals surface area contributed by atoms with Crippen molar-refractivity contribution in [1.29, 1.82) is 0 Å². The number of pyridine rings is 1. The molecule has 0 saturated heterocycles. The van der Waals surface area contributed by atoms with Crippen LogP contribution < -0.4 is 14.0 Å². The third-order valence-electron chi connectivity index (χ3n) is 8.17. The van der Waals surface area contributed by atoms with Gasteiger partial charge in [-0.2, -0.15) is 3.71 Å². The van der Waals surface area contributed by atoms with Crippen molar-refractivity contribution in [2.75, 3.05) is 15.2 Å². The van der Waals surface area contributed by atoms with E-state index >= 15 is 0 Å². The fourth-order valence-electron chi connectivity index (χ4n) is 5.27. The van der Waals surface area contributed by atoms with Crippen LogP contribution in [0.4, 0.5) is 14.5 Å². The Morgan fingerprint density at radius 1 is 0.936 bits per heavy atom. The van der Waals surface area contributed by atoms with E-state index in [-0.39, 0.29) is 43.6 Å². The van der Waals surface area contributed by atoms with Crippen molar-refractivity contribution in [3.05, 3.63) is 101 Å². The van der Waals surface area contributed by atoms with Crippen LogP contribution in [-0.2, 0) is 30.1 Å². The molecule has 2 aromatic carbocycles. The Labute approximate surface area is 271 Å². The molecular formula is C31H31F2N3O8S3. The van der Waals surface area contributed by atoms with Gasteiger partial charge >= 0.3 is 0 Å². The number of benzene rings is 2. The van der Waals surface area contributed by atoms with E-state index in [1.165, 1.54) is 38.4 Å². The molecule has 0 aliphatic heterocycles. The molecule has 5 rings (SSSR count). The van der Waals surface area contributed by atoms with Gasteiger partial charge in [-0.25, -0.2) is 38.0 Å². The lowest BCUT2D eigenvalue weighted by molar-refractivity contribution is 0.439. The normalized spacial score (nSPS) is 17.1. The highest BCUT2D eigenvalue weighted by Gasteiger charge is 2.43. The molecule has 2 aromatic heterocycles. The molecule has 250 valence electrons. The Morgan fingerprint density at radius 3 is 2.21 bits per heavy atom. The molecule has 1 unspecified atom stereocenters. The van der Waals surface area contributed by atoms with E-state index < -0.39 is 69.3 Å². The van der Waals surface area contributed by atoms with Gasteiger partial charge in [-0.3, -0.25) is 4.79 Å². The number of halogens is 2. The summed E-state index contributed by atoms with van der Waals surface area (Å²) in [5.74, 6) is -3.62. The van der Waals surface area contributed by atoms with E-state index in [4.69, 9.17) is 4.74 Å². The van der Waals surface area contributed by atoms with E-state index in [0.717, 1.165) is 28.2 Å². The Bertz CT molecular complexity index is 2330. The van der Waals surface area contributed by atoms with Crippen LogP contribution in [0.2, 0.25) is 0 Å². The van der Waals surface area contributed by atoms with Crippen molar-refractivity contribution in [3.63, 3.8) is 0 Å². The lowest BCUT2D eigenvalue weighted by Gasteiger charge is -2.31. The SMILES string of the molecule is CCS(=O)(=O)N(c1ccc(Oc2ccc(F)cc2F)c(-c2c[nH]c(=O)c3c2ccn3S(=O)(=O)C2(C)CC=CC=C2C)c1)S(=O)(=O)CC. The molecule has 1 N–H and O–H groups in total. The Morgan fingerprint density at radius 2 is 1.60 bits per heavy atom. The van der Waals surface area contributed by atoms with Crippen LogP contribution in [-0.4, -0.2) is 50.5 Å². The summed E-state index contributed by atoms with van der Waals surface area (Å²) in [6.07, 6.45) is 7.70. The quantitative estimate of drug-likeness (QED) is 0.230. The molecule has 47 heavy (non-hydrogen) atoms. The van der Waals surface area contributed by atoms with Gasteiger partial charge < -0.3 is 9.72 Å². The maximum Gasteiger partial charge on any atom is 0.273 e. The maximum absolute atomic E-state index is 14.7. The largest absolute Gasteiger partial charge is 0.454 e. The summed E-state index contributed by atoms with van der Waals surface area (Å²) < 4.78 is 114. The number of hydrogen-bond donors (Lipinski definition) is 1. The molecular weight excluding hydrogens is 677 g/mol. The zero-order valence-corrected chi connectivity index (χ0v) is 28.1. The summed E-state index contributed by atoms with van der Waals surface area (Å²) in [6, 6.07) is 7.45. The Kier molecular flexibility index (Phi) is 8.74. The van der Waals surface area contributed by atoms with Gasteiger partial charge in [-0.05, 0) is 70.5 Å². The molecule has 0 spiro atoms. The molecule has 2 heterocycles. The highest BCUT2D eigenvalue weighted by molar-refractivity contribution is 8.10. The van der Waals surface area contributed by atoms with Crippen LogP contribution in [0.5, 0.6) is 11.5 Å². The van der Waals surface area contributed by atoms with Gasteiger partial charge in [0, 0.05) is 35.0 Å². The van der Waals surface area contributed by atoms with E-state index in [0.29, 0.717) is 11.6 Å². The van der Waals surface area contributed by atoms with Crippen LogP contribution in [0.25, 0.3) is 22.0 Å². The summed E-state index contributed by atoms with van der Waals surface area (Å²) >= 11 is 0. The molecule has 1 atom stereocenters. The number of aromatic amines is 1. The number of H-pyrrole nitrogens is 1. The topological polar surface area (TPSA) is 153 Å². The molecule has 0 saturated carbocycles. The molecule has 16 heteroatoms. The van der Waals surface area contributed by atoms with Crippen molar-refractivity contribution < 1.29 is 38.8 Å². The van der Waals surface area contributed by atoms with Gasteiger partial charge in [-0.1, -0.05) is 23.8 Å². The number of nitrogens with one attached hydrogen (secondary N) is 1. The van der Waals surface area contributed by atoms with Crippen LogP contribution in [0, 0.1) is 11.6 Å². The standard InChI is InChI=1S/C31H31F2N3O8S3/c1-5-45(38,39)36(46(40,41)6-2)22-11-13-27(44-28-12-10-21(32)17-26(28)33)24(18-22)25-19-34-30(37)29-23(25)14-16-35(29)47(42,43)31(4)15-8-7-9-20(31)3/h7-14,16-19H,5-6,15H2,1-4H3,(H,34,37). The number of sulfonamides is 2. The van der Waals surface area contributed by atoms with Crippen molar-refractivity contribution >= 4 is 46.7 Å². The average Bonchev–Trinajstić information content (AvgIpc) is 3.48. The Balaban J connectivity index is 1.81. The van der Waals surface area contributed by atoms with Crippen LogP contribution in [0.1, 0.15) is 34.1 Å². The Hall–Kier alpha value is -4.28. The predicted molar refractivity (Wildman–Crippen MR) is 176 cm³/mol. The lowest BCUT2D eigenvalue weighted by atomic mass is 9.94. The third kappa shape index (κ3) is 5.78. The number of rotatable bonds is 10. The second kappa shape index (κ2) is 12.1. The molecule has 0 fully saturated rings. The number of aromatic nitrogens is 2. The number of anilines is 1. The summed E-state index contributed by atoms with van der Waals surface area (Å²) in [5, 5.41) is 0.0822. The van der Waals surface area contributed by atoms with Gasteiger partial charge in [-0.15, -0.1) is 0 Å². The van der Waals surface area contributed by atoms with Crippen LogP contribution in [0.3, 0.4) is 0 Å². The van der Waals surface area contributed by atoms with Crippen LogP contribution in [0.15, 0.2) is 83.5 Å². The molecule has 0 amide bonds. The number of allylic oxidation sites excluding steroid dienone is 3. The van der Waals surface area contributed by atoms with Gasteiger partial charge in [0.05, 0.1) is 17.2 Å². The zero-order valence-electron chi connectivity index (χ0n) is 25.7. The second-order valence-corrected chi connectivity index (χ2v) is 17.7. The minimum Gasteiger partial charge on any atom is -0.454 e. The fourth-order valence-corrected chi connectivity index (χ4v) is 10.5. The lowest BCUT2D eigenvalue weighted by Crippen LogP contribution is -2.41. The third-order valence-corrected chi connectivity index (χ3v) is 14.9. The monoisotopic (exact) mass is 707 g/mol. The predicted octanol–water partition coefficient (Wildman–Crippen LogP) is 5.42. The first-order valence-corrected chi connectivity index (χ1v) is 19.0. The smallest absolute Gasteiger partial charge is 0.273 e. The maximum atomic E-state index is 14.7. The van der Waals surface area contributed by atoms with Crippen LogP contribution >= 0.6 is 0 Å². The fraction of sp³-hybridized carbons (Fsp3) is 0.258. The summed E-state index contributed by atoms with van der Waals surface area (Å²) in [7, 11) is -13.1. The number of hydrogen-bond acceptors (Lipinski definition) is 8. The zero-order chi connectivity index (χ0) is 34.5. The van der Waals surface area contributed by atoms with E-state index in [1.54, 1.807) is 32.1 Å². The van der Waals surface area contributed by atoms with E-state index in [2.05, 4.69) is 4.98 Å². The number of nitrogens with zero attached hydrogens (tertiary/aromatic N) is 2. The van der Waals surface area contributed by atoms with Gasteiger partial charge in [0.1, 0.15) is 21.8 Å². The molecule has 0 radical (unpaired) electrons. The molecule has 4 aromatic rings. The second-order valence-electron chi connectivity index (χ2n) is 11.0. The minimum absolute atomic E-state index is 0.0342. The molecule has 1 aliphatic carbocycles. The van der Waals surface area contributed by atoms with Crippen molar-refractivity contribution in [3.8, 4) is 22.6 Å². The number of fused-ring (bicyclic) bond motifs is 1.